The molecule has 0 heterocycles. The van der Waals surface area contributed by atoms with Gasteiger partial charge in [0, 0.05) is 0 Å². The summed E-state index contributed by atoms with van der Waals surface area (Å²) in [6, 6.07) is 11.1. The molecule has 0 unspecified atom stereocenters. The highest BCUT2D eigenvalue weighted by Gasteiger charge is 2.24. The Morgan fingerprint density at radius 3 is 2.34 bits per heavy atom. The number of carbonyl (C=O) groups is 1. The zero-order chi connectivity index (χ0) is 21.8. The first-order valence-corrected chi connectivity index (χ1v) is 11.4. The maximum absolute atomic E-state index is 12.8. The average molecular weight is 419 g/mol. The maximum atomic E-state index is 12.8. The van der Waals surface area contributed by atoms with Gasteiger partial charge in [-0.3, -0.25) is 9.10 Å². The van der Waals surface area contributed by atoms with Crippen LogP contribution in [0.4, 0.5) is 5.69 Å². The molecule has 29 heavy (non-hydrogen) atoms. The molecule has 0 bridgehead atoms. The van der Waals surface area contributed by atoms with Crippen LogP contribution in [0, 0.1) is 20.8 Å². The fourth-order valence-corrected chi connectivity index (χ4v) is 4.18. The fraction of sp³-hybridized carbons (Fsp3) is 0.409. The number of amides is 1. The molecule has 0 radical (unpaired) electrons. The van der Waals surface area contributed by atoms with Gasteiger partial charge in [0.2, 0.25) is 15.9 Å². The van der Waals surface area contributed by atoms with Crippen molar-refractivity contribution in [2.45, 2.75) is 40.2 Å². The van der Waals surface area contributed by atoms with Gasteiger partial charge in [0.05, 0.1) is 25.1 Å². The summed E-state index contributed by atoms with van der Waals surface area (Å²) in [5.74, 6) is 0.435. The second-order valence-electron chi connectivity index (χ2n) is 7.32. The summed E-state index contributed by atoms with van der Waals surface area (Å²) >= 11 is 0. The third kappa shape index (κ3) is 5.73. The molecule has 1 atom stereocenters. The summed E-state index contributed by atoms with van der Waals surface area (Å²) in [4.78, 5) is 12.8. The first kappa shape index (κ1) is 22.7. The quantitative estimate of drug-likeness (QED) is 0.710. The van der Waals surface area contributed by atoms with Crippen molar-refractivity contribution in [1.29, 1.82) is 0 Å². The third-order valence-corrected chi connectivity index (χ3v) is 6.01. The van der Waals surface area contributed by atoms with Crippen LogP contribution in [0.1, 0.15) is 41.6 Å². The Kier molecular flexibility index (Phi) is 7.30. The minimum Gasteiger partial charge on any atom is -0.496 e. The normalized spacial score (nSPS) is 12.3. The van der Waals surface area contributed by atoms with Gasteiger partial charge in [0.1, 0.15) is 12.3 Å². The van der Waals surface area contributed by atoms with Crippen LogP contribution in [0.25, 0.3) is 0 Å². The molecule has 2 aromatic rings. The summed E-state index contributed by atoms with van der Waals surface area (Å²) in [6.07, 6.45) is 1.80. The van der Waals surface area contributed by atoms with Crippen molar-refractivity contribution in [2.24, 2.45) is 0 Å². The molecule has 1 N–H and O–H groups in total. The largest absolute Gasteiger partial charge is 0.496 e. The number of nitrogens with zero attached hydrogens (tertiary/aromatic N) is 1. The van der Waals surface area contributed by atoms with E-state index in [0.717, 1.165) is 38.6 Å². The van der Waals surface area contributed by atoms with E-state index in [2.05, 4.69) is 5.32 Å². The topological polar surface area (TPSA) is 75.7 Å². The van der Waals surface area contributed by atoms with E-state index in [0.29, 0.717) is 12.1 Å². The van der Waals surface area contributed by atoms with Gasteiger partial charge in [-0.2, -0.15) is 0 Å². The number of rotatable bonds is 8. The highest BCUT2D eigenvalue weighted by Crippen LogP contribution is 2.26. The second-order valence-corrected chi connectivity index (χ2v) is 9.22. The smallest absolute Gasteiger partial charge is 0.241 e. The molecule has 0 saturated heterocycles. The van der Waals surface area contributed by atoms with Crippen molar-refractivity contribution in [3.05, 3.63) is 58.7 Å². The van der Waals surface area contributed by atoms with E-state index in [1.54, 1.807) is 13.2 Å². The summed E-state index contributed by atoms with van der Waals surface area (Å²) in [7, 11) is -2.00. The molecule has 0 spiro atoms. The Hall–Kier alpha value is -2.54. The van der Waals surface area contributed by atoms with Crippen LogP contribution in [0.3, 0.4) is 0 Å². The highest BCUT2D eigenvalue weighted by atomic mass is 32.2. The molecule has 158 valence electrons. The van der Waals surface area contributed by atoms with Gasteiger partial charge in [-0.1, -0.05) is 31.2 Å². The fourth-order valence-electron chi connectivity index (χ4n) is 3.28. The van der Waals surface area contributed by atoms with Gasteiger partial charge in [-0.15, -0.1) is 0 Å². The third-order valence-electron chi connectivity index (χ3n) is 4.89. The number of nitrogens with one attached hydrogen (secondary N) is 1. The zero-order valence-electron chi connectivity index (χ0n) is 17.9. The van der Waals surface area contributed by atoms with Gasteiger partial charge in [0.25, 0.3) is 0 Å². The van der Waals surface area contributed by atoms with Gasteiger partial charge in [-0.25, -0.2) is 8.42 Å². The molecule has 0 aliphatic heterocycles. The average Bonchev–Trinajstić information content (AvgIpc) is 2.65. The lowest BCUT2D eigenvalue weighted by Gasteiger charge is -2.26. The number of ether oxygens (including phenoxy) is 1. The molecule has 0 aliphatic carbocycles. The van der Waals surface area contributed by atoms with Crippen LogP contribution in [0.2, 0.25) is 0 Å². The lowest BCUT2D eigenvalue weighted by atomic mass is 10.0. The number of hydrogen-bond donors (Lipinski definition) is 1. The number of methoxy groups -OCH3 is 1. The summed E-state index contributed by atoms with van der Waals surface area (Å²) < 4.78 is 31.3. The highest BCUT2D eigenvalue weighted by molar-refractivity contribution is 7.92. The molecule has 6 nitrogen and oxygen atoms in total. The van der Waals surface area contributed by atoms with Crippen molar-refractivity contribution in [3.63, 3.8) is 0 Å². The van der Waals surface area contributed by atoms with Crippen LogP contribution < -0.4 is 14.4 Å². The van der Waals surface area contributed by atoms with E-state index in [-0.39, 0.29) is 18.5 Å². The van der Waals surface area contributed by atoms with Gasteiger partial charge >= 0.3 is 0 Å². The SMILES string of the molecule is CC[C@H](NC(=O)CN(c1cc(C)ccc1C)S(C)(=O)=O)c1ccc(OC)c(C)c1. The number of carbonyl (C=O) groups excluding carboxylic acids is 1. The Balaban J connectivity index is 2.25. The molecule has 0 saturated carbocycles. The van der Waals surface area contributed by atoms with Gasteiger partial charge < -0.3 is 10.1 Å². The minimum absolute atomic E-state index is 0.216. The van der Waals surface area contributed by atoms with E-state index >= 15 is 0 Å². The summed E-state index contributed by atoms with van der Waals surface area (Å²) in [6.45, 7) is 7.38. The van der Waals surface area contributed by atoms with Crippen molar-refractivity contribution in [1.82, 2.24) is 5.32 Å². The number of sulfonamides is 1. The van der Waals surface area contributed by atoms with Crippen LogP contribution in [-0.4, -0.2) is 34.2 Å². The van der Waals surface area contributed by atoms with E-state index in [1.165, 1.54) is 0 Å². The van der Waals surface area contributed by atoms with Crippen LogP contribution >= 0.6 is 0 Å². The van der Waals surface area contributed by atoms with E-state index < -0.39 is 10.0 Å². The van der Waals surface area contributed by atoms with E-state index in [1.807, 2.05) is 58.0 Å². The number of aryl methyl sites for hydroxylation is 3. The molecule has 2 rings (SSSR count). The molecule has 7 heteroatoms. The lowest BCUT2D eigenvalue weighted by molar-refractivity contribution is -0.120. The van der Waals surface area contributed by atoms with Crippen LogP contribution in [0.15, 0.2) is 36.4 Å². The molecule has 0 fully saturated rings. The number of hydrogen-bond acceptors (Lipinski definition) is 4. The predicted molar refractivity (Wildman–Crippen MR) is 117 cm³/mol. The first-order valence-electron chi connectivity index (χ1n) is 9.55. The monoisotopic (exact) mass is 418 g/mol. The second kappa shape index (κ2) is 9.31. The number of anilines is 1. The predicted octanol–water partition coefficient (Wildman–Crippen LogP) is 3.65. The van der Waals surface area contributed by atoms with Crippen molar-refractivity contribution in [2.75, 3.05) is 24.2 Å². The van der Waals surface area contributed by atoms with E-state index in [9.17, 15) is 13.2 Å². The maximum Gasteiger partial charge on any atom is 0.241 e. The molecule has 1 amide bonds. The van der Waals surface area contributed by atoms with E-state index in [4.69, 9.17) is 4.74 Å². The standard InChI is InChI=1S/C22H30N2O4S/c1-7-19(18-10-11-21(28-5)17(4)13-18)23-22(25)14-24(29(6,26)27)20-12-15(2)8-9-16(20)3/h8-13,19H,7,14H2,1-6H3,(H,23,25)/t19-/m0/s1. The minimum atomic E-state index is -3.62. The molecular formula is C22H30N2O4S. The lowest BCUT2D eigenvalue weighted by Crippen LogP contribution is -2.41. The van der Waals surface area contributed by atoms with Crippen molar-refractivity contribution < 1.29 is 17.9 Å². The Morgan fingerprint density at radius 1 is 1.10 bits per heavy atom. The molecular weight excluding hydrogens is 388 g/mol. The van der Waals surface area contributed by atoms with Crippen LogP contribution in [-0.2, 0) is 14.8 Å². The molecule has 0 aromatic heterocycles. The van der Waals surface area contributed by atoms with Crippen molar-refractivity contribution >= 4 is 21.6 Å². The first-order chi connectivity index (χ1) is 13.6. The van der Waals surface area contributed by atoms with Crippen molar-refractivity contribution in [3.8, 4) is 5.75 Å². The van der Waals surface area contributed by atoms with Gasteiger partial charge in [-0.05, 0) is 61.6 Å². The summed E-state index contributed by atoms with van der Waals surface area (Å²) in [5, 5.41) is 2.97. The summed E-state index contributed by atoms with van der Waals surface area (Å²) in [5.41, 5.74) is 4.19. The Bertz CT molecular complexity index is 986. The van der Waals surface area contributed by atoms with Crippen LogP contribution in [0.5, 0.6) is 5.75 Å². The number of benzene rings is 2. The zero-order valence-corrected chi connectivity index (χ0v) is 18.8. The molecule has 0 aliphatic rings. The van der Waals surface area contributed by atoms with Gasteiger partial charge in [0.15, 0.2) is 0 Å². The Labute approximate surface area is 173 Å². The Morgan fingerprint density at radius 2 is 1.79 bits per heavy atom. The molecule has 2 aromatic carbocycles.